The van der Waals surface area contributed by atoms with Crippen LogP contribution in [0.25, 0.3) is 0 Å². The molecule has 0 saturated heterocycles. The first-order valence-electron chi connectivity index (χ1n) is 6.61. The summed E-state index contributed by atoms with van der Waals surface area (Å²) < 4.78 is 5.75. The molecule has 1 N–H and O–H groups in total. The molecule has 1 heterocycles. The van der Waals surface area contributed by atoms with E-state index in [1.165, 1.54) is 16.8 Å². The molecule has 0 saturated carbocycles. The predicted octanol–water partition coefficient (Wildman–Crippen LogP) is 2.47. The number of nitrogens with zero attached hydrogens (tertiary/aromatic N) is 1. The molecule has 0 radical (unpaired) electrons. The van der Waals surface area contributed by atoms with Crippen LogP contribution in [0.1, 0.15) is 25.0 Å². The van der Waals surface area contributed by atoms with Crippen molar-refractivity contribution in [2.75, 3.05) is 33.1 Å². The second-order valence-corrected chi connectivity index (χ2v) is 5.50. The summed E-state index contributed by atoms with van der Waals surface area (Å²) in [6.07, 6.45) is 1.20. The first-order chi connectivity index (χ1) is 8.52. The summed E-state index contributed by atoms with van der Waals surface area (Å²) in [5.74, 6) is 0. The van der Waals surface area contributed by atoms with Gasteiger partial charge in [-0.05, 0) is 44.6 Å². The predicted molar refractivity (Wildman–Crippen MR) is 76.1 cm³/mol. The van der Waals surface area contributed by atoms with Crippen LogP contribution in [0.5, 0.6) is 0 Å². The summed E-state index contributed by atoms with van der Waals surface area (Å²) in [5, 5.41) is 3.66. The van der Waals surface area contributed by atoms with Crippen molar-refractivity contribution in [1.29, 1.82) is 0 Å². The maximum atomic E-state index is 5.75. The van der Waals surface area contributed by atoms with Crippen molar-refractivity contribution in [3.05, 3.63) is 29.3 Å². The van der Waals surface area contributed by atoms with Crippen molar-refractivity contribution in [2.24, 2.45) is 0 Å². The van der Waals surface area contributed by atoms with Crippen LogP contribution in [-0.4, -0.2) is 38.8 Å². The summed E-state index contributed by atoms with van der Waals surface area (Å²) in [4.78, 5) is 2.17. The largest absolute Gasteiger partial charge is 0.377 e. The van der Waals surface area contributed by atoms with E-state index in [4.69, 9.17) is 4.74 Å². The van der Waals surface area contributed by atoms with Gasteiger partial charge in [0.05, 0.1) is 11.6 Å². The molecule has 1 aliphatic heterocycles. The Labute approximate surface area is 110 Å². The standard InChI is InChI=1S/C15H24N2O/c1-6-11-12-8-7-9-13(11)16-15(12,2)14(18-5)10-17(3)4/h7-9,14,16H,6,10H2,1-5H3/t14?,15-/m1/s1. The van der Waals surface area contributed by atoms with Crippen LogP contribution in [0.4, 0.5) is 5.69 Å². The molecule has 0 spiro atoms. The fourth-order valence-corrected chi connectivity index (χ4v) is 3.00. The van der Waals surface area contributed by atoms with Crippen molar-refractivity contribution in [3.8, 4) is 0 Å². The lowest BCUT2D eigenvalue weighted by atomic mass is 9.86. The van der Waals surface area contributed by atoms with Crippen molar-refractivity contribution in [3.63, 3.8) is 0 Å². The maximum Gasteiger partial charge on any atom is 0.0966 e. The van der Waals surface area contributed by atoms with Crippen molar-refractivity contribution in [1.82, 2.24) is 4.90 Å². The van der Waals surface area contributed by atoms with Gasteiger partial charge >= 0.3 is 0 Å². The third-order valence-corrected chi connectivity index (χ3v) is 3.94. The van der Waals surface area contributed by atoms with Crippen LogP contribution in [0, 0.1) is 0 Å². The van der Waals surface area contributed by atoms with Crippen LogP contribution in [-0.2, 0) is 16.7 Å². The molecule has 2 rings (SSSR count). The number of likely N-dealkylation sites (N-methyl/N-ethyl adjacent to an activating group) is 1. The Hall–Kier alpha value is -1.06. The number of ether oxygens (including phenoxy) is 1. The average molecular weight is 248 g/mol. The topological polar surface area (TPSA) is 24.5 Å². The highest BCUT2D eigenvalue weighted by atomic mass is 16.5. The number of methoxy groups -OCH3 is 1. The lowest BCUT2D eigenvalue weighted by Gasteiger charge is -2.36. The van der Waals surface area contributed by atoms with Gasteiger partial charge in [0.15, 0.2) is 0 Å². The number of hydrogen-bond acceptors (Lipinski definition) is 3. The molecule has 0 amide bonds. The summed E-state index contributed by atoms with van der Waals surface area (Å²) in [7, 11) is 5.97. The molecule has 18 heavy (non-hydrogen) atoms. The smallest absolute Gasteiger partial charge is 0.0966 e. The monoisotopic (exact) mass is 248 g/mol. The van der Waals surface area contributed by atoms with Gasteiger partial charge in [-0.3, -0.25) is 0 Å². The Morgan fingerprint density at radius 1 is 1.39 bits per heavy atom. The van der Waals surface area contributed by atoms with Crippen LogP contribution in [0.3, 0.4) is 0 Å². The molecule has 3 nitrogen and oxygen atoms in total. The van der Waals surface area contributed by atoms with Gasteiger partial charge in [-0.2, -0.15) is 0 Å². The summed E-state index contributed by atoms with van der Waals surface area (Å²) in [5.41, 5.74) is 3.96. The Morgan fingerprint density at radius 3 is 2.61 bits per heavy atom. The van der Waals surface area contributed by atoms with Gasteiger partial charge in [-0.1, -0.05) is 19.1 Å². The van der Waals surface area contributed by atoms with Gasteiger partial charge in [-0.15, -0.1) is 0 Å². The molecule has 1 aromatic rings. The minimum atomic E-state index is -0.122. The van der Waals surface area contributed by atoms with Crippen molar-refractivity contribution < 1.29 is 4.74 Å². The molecule has 0 aromatic heterocycles. The van der Waals surface area contributed by atoms with E-state index in [9.17, 15) is 0 Å². The molecule has 100 valence electrons. The molecule has 0 aliphatic carbocycles. The number of benzene rings is 1. The van der Waals surface area contributed by atoms with Gasteiger partial charge < -0.3 is 15.0 Å². The van der Waals surface area contributed by atoms with Crippen molar-refractivity contribution in [2.45, 2.75) is 31.9 Å². The van der Waals surface area contributed by atoms with E-state index in [1.54, 1.807) is 7.11 Å². The molecular formula is C15H24N2O. The van der Waals surface area contributed by atoms with Crippen LogP contribution < -0.4 is 5.32 Å². The first-order valence-corrected chi connectivity index (χ1v) is 6.61. The van der Waals surface area contributed by atoms with E-state index >= 15 is 0 Å². The summed E-state index contributed by atoms with van der Waals surface area (Å²) >= 11 is 0. The molecule has 3 heteroatoms. The number of nitrogens with one attached hydrogen (secondary N) is 1. The van der Waals surface area contributed by atoms with E-state index in [1.807, 2.05) is 0 Å². The first kappa shape index (κ1) is 13.4. The number of fused-ring (bicyclic) bond motifs is 2. The highest BCUT2D eigenvalue weighted by Gasteiger charge is 2.42. The maximum absolute atomic E-state index is 5.75. The third kappa shape index (κ3) is 2.02. The number of anilines is 1. The zero-order chi connectivity index (χ0) is 13.3. The molecule has 1 aliphatic rings. The zero-order valence-corrected chi connectivity index (χ0v) is 12.1. The van der Waals surface area contributed by atoms with Crippen molar-refractivity contribution >= 4 is 5.69 Å². The quantitative estimate of drug-likeness (QED) is 0.866. The molecular weight excluding hydrogens is 224 g/mol. The van der Waals surface area contributed by atoms with Crippen LogP contribution >= 0.6 is 0 Å². The summed E-state index contributed by atoms with van der Waals surface area (Å²) in [6, 6.07) is 6.52. The second-order valence-electron chi connectivity index (χ2n) is 5.50. The minimum Gasteiger partial charge on any atom is -0.377 e. The number of rotatable bonds is 5. The molecule has 2 atom stereocenters. The molecule has 2 bridgehead atoms. The highest BCUT2D eigenvalue weighted by molar-refractivity contribution is 5.65. The lowest BCUT2D eigenvalue weighted by Crippen LogP contribution is -2.47. The fourth-order valence-electron chi connectivity index (χ4n) is 3.00. The van der Waals surface area contributed by atoms with E-state index in [0.29, 0.717) is 0 Å². The minimum absolute atomic E-state index is 0.122. The van der Waals surface area contributed by atoms with E-state index < -0.39 is 0 Å². The Morgan fingerprint density at radius 2 is 2.11 bits per heavy atom. The Bertz CT molecular complexity index is 431. The second kappa shape index (κ2) is 4.90. The van der Waals surface area contributed by atoms with Crippen LogP contribution in [0.2, 0.25) is 0 Å². The van der Waals surface area contributed by atoms with Gasteiger partial charge in [0.1, 0.15) is 0 Å². The Balaban J connectivity index is 2.36. The average Bonchev–Trinajstić information content (AvgIpc) is 2.49. The van der Waals surface area contributed by atoms with Gasteiger partial charge in [0.25, 0.3) is 0 Å². The van der Waals surface area contributed by atoms with Gasteiger partial charge in [0, 0.05) is 19.3 Å². The van der Waals surface area contributed by atoms with E-state index in [-0.39, 0.29) is 11.6 Å². The highest BCUT2D eigenvalue weighted by Crippen LogP contribution is 2.42. The SMILES string of the molecule is CCc1c2cccc1[C@](C)(C(CN(C)C)OC)N2. The summed E-state index contributed by atoms with van der Waals surface area (Å²) in [6.45, 7) is 5.36. The van der Waals surface area contributed by atoms with E-state index in [2.05, 4.69) is 56.4 Å². The fraction of sp³-hybridized carbons (Fsp3) is 0.600. The molecule has 0 fully saturated rings. The molecule has 1 aromatic carbocycles. The van der Waals surface area contributed by atoms with Gasteiger partial charge in [0.2, 0.25) is 0 Å². The van der Waals surface area contributed by atoms with Gasteiger partial charge in [-0.25, -0.2) is 0 Å². The van der Waals surface area contributed by atoms with Crippen LogP contribution in [0.15, 0.2) is 18.2 Å². The van der Waals surface area contributed by atoms with E-state index in [0.717, 1.165) is 13.0 Å². The molecule has 1 unspecified atom stereocenters. The third-order valence-electron chi connectivity index (χ3n) is 3.94. The normalized spacial score (nSPS) is 23.2. The lowest BCUT2D eigenvalue weighted by molar-refractivity contribution is 0.0314. The zero-order valence-electron chi connectivity index (χ0n) is 12.1. The number of hydrogen-bond donors (Lipinski definition) is 1. The Kier molecular flexibility index (Phi) is 3.64.